The first-order valence-corrected chi connectivity index (χ1v) is 7.52. The normalized spacial score (nSPS) is 12.5. The molecule has 0 aromatic rings. The first-order valence-electron chi connectivity index (χ1n) is 7.52. The second-order valence-electron chi connectivity index (χ2n) is 4.97. The van der Waals surface area contributed by atoms with E-state index in [1.54, 1.807) is 6.08 Å². The Balaban J connectivity index is 4.69. The number of hydrogen-bond acceptors (Lipinski definition) is 4. The number of nitrogens with zero attached hydrogens (tertiary/aromatic N) is 1. The second kappa shape index (κ2) is 12.3. The zero-order valence-corrected chi connectivity index (χ0v) is 12.8. The number of carbonyl (C=O) groups excluding carboxylic acids is 2. The summed E-state index contributed by atoms with van der Waals surface area (Å²) in [6, 6.07) is 0. The van der Waals surface area contributed by atoms with Crippen molar-refractivity contribution in [3.63, 3.8) is 0 Å². The highest BCUT2D eigenvalue weighted by atomic mass is 16.3. The Morgan fingerprint density at radius 1 is 1.19 bits per heavy atom. The van der Waals surface area contributed by atoms with Crippen molar-refractivity contribution in [3.8, 4) is 0 Å². The van der Waals surface area contributed by atoms with E-state index in [2.05, 4.69) is 6.92 Å². The lowest BCUT2D eigenvalue weighted by molar-refractivity contribution is -0.137. The van der Waals surface area contributed by atoms with Crippen LogP contribution in [0.3, 0.4) is 0 Å². The van der Waals surface area contributed by atoms with Crippen molar-refractivity contribution >= 4 is 11.8 Å². The lowest BCUT2D eigenvalue weighted by Crippen LogP contribution is -2.40. The Bertz CT molecular complexity index is 326. The van der Waals surface area contributed by atoms with Crippen LogP contribution in [0.4, 0.5) is 0 Å². The summed E-state index contributed by atoms with van der Waals surface area (Å²) < 4.78 is 0. The molecule has 6 heteroatoms. The molecule has 0 fully saturated rings. The third-order valence-electron chi connectivity index (χ3n) is 3.13. The number of allylic oxidation sites excluding steroid dienone is 1. The minimum absolute atomic E-state index is 0.0591. The molecule has 0 heterocycles. The molecule has 122 valence electrons. The van der Waals surface area contributed by atoms with Crippen LogP contribution in [0.5, 0.6) is 0 Å². The predicted molar refractivity (Wildman–Crippen MR) is 81.3 cm³/mol. The minimum atomic E-state index is -0.623. The summed E-state index contributed by atoms with van der Waals surface area (Å²) in [7, 11) is 0. The average Bonchev–Trinajstić information content (AvgIpc) is 2.44. The second-order valence-corrected chi connectivity index (χ2v) is 4.97. The molecule has 0 bridgehead atoms. The Labute approximate surface area is 126 Å². The van der Waals surface area contributed by atoms with Gasteiger partial charge in [-0.3, -0.25) is 9.59 Å². The fraction of sp³-hybridized carbons (Fsp3) is 0.733. The molecule has 0 spiro atoms. The average molecular weight is 300 g/mol. The number of aliphatic hydroxyl groups is 2. The maximum atomic E-state index is 12.3. The number of primary amides is 1. The molecule has 1 atom stereocenters. The molecular weight excluding hydrogens is 272 g/mol. The van der Waals surface area contributed by atoms with Gasteiger partial charge in [-0.2, -0.15) is 0 Å². The van der Waals surface area contributed by atoms with Crippen LogP contribution in [-0.2, 0) is 9.59 Å². The van der Waals surface area contributed by atoms with Crippen molar-refractivity contribution < 1.29 is 19.8 Å². The standard InChI is InChI=1S/C15H28N2O4/c1-2-3-4-5-6-7-13(12-14(16)20)15(21)17(8-10-18)9-11-19/h6-7,13,18-19H,2-5,8-12H2,1H3,(H2,16,20). The first-order chi connectivity index (χ1) is 10.1. The number of carbonyl (C=O) groups is 2. The smallest absolute Gasteiger partial charge is 0.230 e. The molecule has 21 heavy (non-hydrogen) atoms. The van der Waals surface area contributed by atoms with Gasteiger partial charge < -0.3 is 20.8 Å². The van der Waals surface area contributed by atoms with Crippen LogP contribution in [0.15, 0.2) is 12.2 Å². The zero-order chi connectivity index (χ0) is 16.1. The van der Waals surface area contributed by atoms with Crippen molar-refractivity contribution in [2.45, 2.75) is 39.0 Å². The SMILES string of the molecule is CCCCCC=CC(CC(N)=O)C(=O)N(CCO)CCO. The zero-order valence-electron chi connectivity index (χ0n) is 12.8. The van der Waals surface area contributed by atoms with Gasteiger partial charge in [0.2, 0.25) is 11.8 Å². The largest absolute Gasteiger partial charge is 0.395 e. The summed E-state index contributed by atoms with van der Waals surface area (Å²) in [6.45, 7) is 2.02. The molecular formula is C15H28N2O4. The number of unbranched alkanes of at least 4 members (excludes halogenated alkanes) is 3. The molecule has 0 saturated carbocycles. The van der Waals surface area contributed by atoms with Gasteiger partial charge in [-0.25, -0.2) is 0 Å². The monoisotopic (exact) mass is 300 g/mol. The van der Waals surface area contributed by atoms with Gasteiger partial charge >= 0.3 is 0 Å². The van der Waals surface area contributed by atoms with Gasteiger partial charge in [-0.15, -0.1) is 0 Å². The molecule has 0 aliphatic rings. The van der Waals surface area contributed by atoms with E-state index in [0.717, 1.165) is 25.7 Å². The minimum Gasteiger partial charge on any atom is -0.395 e. The molecule has 0 aliphatic heterocycles. The van der Waals surface area contributed by atoms with Gasteiger partial charge in [0.05, 0.1) is 19.1 Å². The van der Waals surface area contributed by atoms with E-state index in [0.29, 0.717) is 0 Å². The Hall–Kier alpha value is -1.40. The fourth-order valence-corrected chi connectivity index (χ4v) is 2.04. The number of rotatable bonds is 12. The van der Waals surface area contributed by atoms with Crippen LogP contribution in [0.1, 0.15) is 39.0 Å². The summed E-state index contributed by atoms with van der Waals surface area (Å²) in [5.74, 6) is -1.45. The van der Waals surface area contributed by atoms with E-state index >= 15 is 0 Å². The van der Waals surface area contributed by atoms with Crippen molar-refractivity contribution in [3.05, 3.63) is 12.2 Å². The summed E-state index contributed by atoms with van der Waals surface area (Å²) in [5.41, 5.74) is 5.19. The van der Waals surface area contributed by atoms with Crippen LogP contribution in [0.25, 0.3) is 0 Å². The van der Waals surface area contributed by atoms with E-state index in [4.69, 9.17) is 15.9 Å². The van der Waals surface area contributed by atoms with Gasteiger partial charge in [0.1, 0.15) is 0 Å². The van der Waals surface area contributed by atoms with Gasteiger partial charge in [0.15, 0.2) is 0 Å². The first kappa shape index (κ1) is 19.6. The third kappa shape index (κ3) is 9.20. The molecule has 0 saturated heterocycles. The molecule has 0 aromatic carbocycles. The number of nitrogens with two attached hydrogens (primary N) is 1. The van der Waals surface area contributed by atoms with Crippen LogP contribution < -0.4 is 5.73 Å². The highest BCUT2D eigenvalue weighted by Crippen LogP contribution is 2.12. The lowest BCUT2D eigenvalue weighted by Gasteiger charge is -2.24. The van der Waals surface area contributed by atoms with E-state index in [1.165, 1.54) is 4.90 Å². The molecule has 2 amide bonds. The lowest BCUT2D eigenvalue weighted by atomic mass is 10.0. The number of amides is 2. The van der Waals surface area contributed by atoms with Crippen molar-refractivity contribution in [2.75, 3.05) is 26.3 Å². The molecule has 4 N–H and O–H groups in total. The van der Waals surface area contributed by atoms with Crippen LogP contribution >= 0.6 is 0 Å². The Kier molecular flexibility index (Phi) is 11.5. The number of aliphatic hydroxyl groups excluding tert-OH is 2. The molecule has 6 nitrogen and oxygen atoms in total. The Morgan fingerprint density at radius 2 is 1.81 bits per heavy atom. The van der Waals surface area contributed by atoms with Crippen molar-refractivity contribution in [1.29, 1.82) is 0 Å². The molecule has 0 aliphatic carbocycles. The maximum Gasteiger partial charge on any atom is 0.230 e. The summed E-state index contributed by atoms with van der Waals surface area (Å²) >= 11 is 0. The van der Waals surface area contributed by atoms with Gasteiger partial charge in [-0.1, -0.05) is 31.9 Å². The van der Waals surface area contributed by atoms with E-state index in [9.17, 15) is 9.59 Å². The molecule has 1 unspecified atom stereocenters. The third-order valence-corrected chi connectivity index (χ3v) is 3.13. The van der Waals surface area contributed by atoms with E-state index in [1.807, 2.05) is 6.08 Å². The maximum absolute atomic E-state index is 12.3. The van der Waals surface area contributed by atoms with Crippen molar-refractivity contribution in [2.24, 2.45) is 11.7 Å². The molecule has 0 radical (unpaired) electrons. The van der Waals surface area contributed by atoms with Gasteiger partial charge in [-0.05, 0) is 12.8 Å². The van der Waals surface area contributed by atoms with Gasteiger partial charge in [0, 0.05) is 19.5 Å². The fourth-order valence-electron chi connectivity index (χ4n) is 2.04. The van der Waals surface area contributed by atoms with Gasteiger partial charge in [0.25, 0.3) is 0 Å². The van der Waals surface area contributed by atoms with Crippen LogP contribution in [0.2, 0.25) is 0 Å². The van der Waals surface area contributed by atoms with Crippen molar-refractivity contribution in [1.82, 2.24) is 4.90 Å². The topological polar surface area (TPSA) is 104 Å². The van der Waals surface area contributed by atoms with E-state index < -0.39 is 11.8 Å². The predicted octanol–water partition coefficient (Wildman–Crippen LogP) is 0.428. The van der Waals surface area contributed by atoms with Crippen LogP contribution in [-0.4, -0.2) is 53.2 Å². The summed E-state index contributed by atoms with van der Waals surface area (Å²) in [4.78, 5) is 24.8. The highest BCUT2D eigenvalue weighted by Gasteiger charge is 2.23. The number of hydrogen-bond donors (Lipinski definition) is 3. The highest BCUT2D eigenvalue weighted by molar-refractivity contribution is 5.86. The van der Waals surface area contributed by atoms with E-state index in [-0.39, 0.29) is 38.6 Å². The quantitative estimate of drug-likeness (QED) is 0.359. The molecule has 0 aromatic heterocycles. The Morgan fingerprint density at radius 3 is 2.29 bits per heavy atom. The summed E-state index contributed by atoms with van der Waals surface area (Å²) in [6.07, 6.45) is 7.70. The molecule has 0 rings (SSSR count). The van der Waals surface area contributed by atoms with Crippen LogP contribution in [0, 0.1) is 5.92 Å². The summed E-state index contributed by atoms with van der Waals surface area (Å²) in [5, 5.41) is 17.9.